The molecule has 1 amide bonds. The highest BCUT2D eigenvalue weighted by molar-refractivity contribution is 7.92. The van der Waals surface area contributed by atoms with Crippen molar-refractivity contribution in [2.45, 2.75) is 51.7 Å². The summed E-state index contributed by atoms with van der Waals surface area (Å²) in [6.07, 6.45) is -0.678. The number of hydrogen-bond donors (Lipinski definition) is 2. The van der Waals surface area contributed by atoms with E-state index in [0.717, 1.165) is 11.1 Å². The SMILES string of the molecule is Cc1cccc(C)c1NS(=O)(=O)c1ccc(O[C@@H](C)C(=O)NC(C)C)cc1. The van der Waals surface area contributed by atoms with Crippen LogP contribution in [0.25, 0.3) is 0 Å². The lowest BCUT2D eigenvalue weighted by atomic mass is 10.1. The standard InChI is InChI=1S/C20H26N2O4S/c1-13(2)21-20(23)16(5)26-17-9-11-18(12-10-17)27(24,25)22-19-14(3)7-6-8-15(19)4/h6-13,16,22H,1-5H3,(H,21,23)/t16-/m0/s1. The first-order chi connectivity index (χ1) is 12.6. The quantitative estimate of drug-likeness (QED) is 0.759. The van der Waals surface area contributed by atoms with E-state index in [1.165, 1.54) is 12.1 Å². The molecule has 0 saturated heterocycles. The van der Waals surface area contributed by atoms with E-state index in [9.17, 15) is 13.2 Å². The van der Waals surface area contributed by atoms with Gasteiger partial charge in [-0.15, -0.1) is 0 Å². The largest absolute Gasteiger partial charge is 0.481 e. The molecule has 0 aliphatic rings. The van der Waals surface area contributed by atoms with E-state index >= 15 is 0 Å². The van der Waals surface area contributed by atoms with E-state index < -0.39 is 16.1 Å². The first-order valence-electron chi connectivity index (χ1n) is 8.76. The molecule has 0 aliphatic carbocycles. The monoisotopic (exact) mass is 390 g/mol. The number of amides is 1. The predicted molar refractivity (Wildman–Crippen MR) is 107 cm³/mol. The number of rotatable bonds is 7. The zero-order valence-electron chi connectivity index (χ0n) is 16.2. The van der Waals surface area contributed by atoms with Gasteiger partial charge >= 0.3 is 0 Å². The van der Waals surface area contributed by atoms with Crippen LogP contribution in [0, 0.1) is 13.8 Å². The molecular formula is C20H26N2O4S. The lowest BCUT2D eigenvalue weighted by Crippen LogP contribution is -2.40. The van der Waals surface area contributed by atoms with Gasteiger partial charge in [0.25, 0.3) is 15.9 Å². The van der Waals surface area contributed by atoms with E-state index in [1.54, 1.807) is 19.1 Å². The molecular weight excluding hydrogens is 364 g/mol. The third kappa shape index (κ3) is 5.47. The molecule has 0 heterocycles. The number of hydrogen-bond acceptors (Lipinski definition) is 4. The Balaban J connectivity index is 2.13. The van der Waals surface area contributed by atoms with Crippen LogP contribution in [-0.4, -0.2) is 26.5 Å². The molecule has 0 bridgehead atoms. The minimum absolute atomic E-state index is 0.0204. The number of anilines is 1. The number of carbonyl (C=O) groups excluding carboxylic acids is 1. The Morgan fingerprint density at radius 3 is 2.04 bits per heavy atom. The van der Waals surface area contributed by atoms with Crippen LogP contribution in [0.4, 0.5) is 5.69 Å². The maximum Gasteiger partial charge on any atom is 0.261 e. The predicted octanol–water partition coefficient (Wildman–Crippen LogP) is 3.40. The number of carbonyl (C=O) groups is 1. The highest BCUT2D eigenvalue weighted by Gasteiger charge is 2.18. The number of benzene rings is 2. The second-order valence-electron chi connectivity index (χ2n) is 6.77. The first-order valence-corrected chi connectivity index (χ1v) is 10.2. The molecule has 6 nitrogen and oxygen atoms in total. The first kappa shape index (κ1) is 20.8. The van der Waals surface area contributed by atoms with Gasteiger partial charge < -0.3 is 10.1 Å². The molecule has 146 valence electrons. The Labute approximate surface area is 161 Å². The van der Waals surface area contributed by atoms with Gasteiger partial charge in [0.15, 0.2) is 6.10 Å². The molecule has 7 heteroatoms. The lowest BCUT2D eigenvalue weighted by Gasteiger charge is -2.17. The van der Waals surface area contributed by atoms with Gasteiger partial charge in [-0.2, -0.15) is 0 Å². The zero-order valence-corrected chi connectivity index (χ0v) is 17.1. The van der Waals surface area contributed by atoms with Crippen LogP contribution >= 0.6 is 0 Å². The van der Waals surface area contributed by atoms with Gasteiger partial charge in [0, 0.05) is 6.04 Å². The van der Waals surface area contributed by atoms with Crippen molar-refractivity contribution in [1.82, 2.24) is 5.32 Å². The van der Waals surface area contributed by atoms with E-state index in [0.29, 0.717) is 11.4 Å². The maximum absolute atomic E-state index is 12.7. The van der Waals surface area contributed by atoms with Crippen LogP contribution in [-0.2, 0) is 14.8 Å². The molecule has 0 fully saturated rings. The average molecular weight is 391 g/mol. The second kappa shape index (κ2) is 8.43. The fourth-order valence-corrected chi connectivity index (χ4v) is 3.73. The summed E-state index contributed by atoms with van der Waals surface area (Å²) in [5, 5.41) is 2.77. The van der Waals surface area contributed by atoms with Gasteiger partial charge in [0.05, 0.1) is 10.6 Å². The molecule has 0 aromatic heterocycles. The maximum atomic E-state index is 12.7. The number of ether oxygens (including phenoxy) is 1. The fourth-order valence-electron chi connectivity index (χ4n) is 2.53. The average Bonchev–Trinajstić information content (AvgIpc) is 2.58. The molecule has 1 atom stereocenters. The normalized spacial score (nSPS) is 12.5. The Morgan fingerprint density at radius 2 is 1.52 bits per heavy atom. The number of sulfonamides is 1. The Morgan fingerprint density at radius 1 is 0.963 bits per heavy atom. The molecule has 0 saturated carbocycles. The molecule has 0 aliphatic heterocycles. The summed E-state index contributed by atoms with van der Waals surface area (Å²) in [6.45, 7) is 9.09. The summed E-state index contributed by atoms with van der Waals surface area (Å²) in [4.78, 5) is 12.0. The minimum atomic E-state index is -3.72. The Kier molecular flexibility index (Phi) is 6.49. The van der Waals surface area contributed by atoms with E-state index in [1.807, 2.05) is 45.9 Å². The second-order valence-corrected chi connectivity index (χ2v) is 8.45. The Hall–Kier alpha value is -2.54. The molecule has 2 aromatic rings. The third-order valence-corrected chi connectivity index (χ3v) is 5.33. The highest BCUT2D eigenvalue weighted by atomic mass is 32.2. The van der Waals surface area contributed by atoms with E-state index in [-0.39, 0.29) is 16.8 Å². The fraction of sp³-hybridized carbons (Fsp3) is 0.350. The molecule has 27 heavy (non-hydrogen) atoms. The number of aryl methyl sites for hydroxylation is 2. The summed E-state index contributed by atoms with van der Waals surface area (Å²) in [7, 11) is -3.72. The van der Waals surface area contributed by atoms with Crippen LogP contribution in [0.15, 0.2) is 47.4 Å². The van der Waals surface area contributed by atoms with Crippen molar-refractivity contribution in [3.63, 3.8) is 0 Å². The molecule has 2 aromatic carbocycles. The van der Waals surface area contributed by atoms with Gasteiger partial charge in [0.1, 0.15) is 5.75 Å². The summed E-state index contributed by atoms with van der Waals surface area (Å²) in [6, 6.07) is 11.6. The van der Waals surface area contributed by atoms with Crippen molar-refractivity contribution in [1.29, 1.82) is 0 Å². The van der Waals surface area contributed by atoms with Crippen molar-refractivity contribution in [3.8, 4) is 5.75 Å². The third-order valence-electron chi connectivity index (χ3n) is 3.96. The van der Waals surface area contributed by atoms with Crippen molar-refractivity contribution in [3.05, 3.63) is 53.6 Å². The number of nitrogens with one attached hydrogen (secondary N) is 2. The van der Waals surface area contributed by atoms with Crippen molar-refractivity contribution in [2.24, 2.45) is 0 Å². The summed E-state index contributed by atoms with van der Waals surface area (Å²) in [5.41, 5.74) is 2.28. The Bertz CT molecular complexity index is 886. The lowest BCUT2D eigenvalue weighted by molar-refractivity contribution is -0.127. The molecule has 0 unspecified atom stereocenters. The van der Waals surface area contributed by atoms with Crippen molar-refractivity contribution >= 4 is 21.6 Å². The number of para-hydroxylation sites is 1. The smallest absolute Gasteiger partial charge is 0.261 e. The molecule has 2 rings (SSSR count). The van der Waals surface area contributed by atoms with Gasteiger partial charge in [-0.25, -0.2) is 8.42 Å². The molecule has 0 spiro atoms. The van der Waals surface area contributed by atoms with Crippen LogP contribution in [0.2, 0.25) is 0 Å². The van der Waals surface area contributed by atoms with Crippen molar-refractivity contribution < 1.29 is 17.9 Å². The topological polar surface area (TPSA) is 84.5 Å². The van der Waals surface area contributed by atoms with Gasteiger partial charge in [-0.3, -0.25) is 9.52 Å². The van der Waals surface area contributed by atoms with Crippen LogP contribution in [0.3, 0.4) is 0 Å². The van der Waals surface area contributed by atoms with Crippen LogP contribution < -0.4 is 14.8 Å². The highest BCUT2D eigenvalue weighted by Crippen LogP contribution is 2.24. The van der Waals surface area contributed by atoms with Gasteiger partial charge in [-0.1, -0.05) is 18.2 Å². The van der Waals surface area contributed by atoms with Gasteiger partial charge in [-0.05, 0) is 70.0 Å². The van der Waals surface area contributed by atoms with Crippen molar-refractivity contribution in [2.75, 3.05) is 4.72 Å². The van der Waals surface area contributed by atoms with E-state index in [2.05, 4.69) is 10.0 Å². The molecule has 2 N–H and O–H groups in total. The minimum Gasteiger partial charge on any atom is -0.481 e. The van der Waals surface area contributed by atoms with E-state index in [4.69, 9.17) is 4.74 Å². The zero-order chi connectivity index (χ0) is 20.2. The summed E-state index contributed by atoms with van der Waals surface area (Å²) in [5.74, 6) is 0.200. The summed E-state index contributed by atoms with van der Waals surface area (Å²) >= 11 is 0. The molecule has 0 radical (unpaired) electrons. The van der Waals surface area contributed by atoms with Gasteiger partial charge in [0.2, 0.25) is 0 Å². The van der Waals surface area contributed by atoms with Crippen LogP contribution in [0.1, 0.15) is 31.9 Å². The summed E-state index contributed by atoms with van der Waals surface area (Å²) < 4.78 is 33.5. The van der Waals surface area contributed by atoms with Crippen LogP contribution in [0.5, 0.6) is 5.75 Å².